The number of benzene rings is 1. The van der Waals surface area contributed by atoms with Gasteiger partial charge in [-0.15, -0.1) is 0 Å². The minimum Gasteiger partial charge on any atom is -0.381 e. The highest BCUT2D eigenvalue weighted by atomic mass is 35.5. The second-order valence-electron chi connectivity index (χ2n) is 5.06. The Balaban J connectivity index is 2.17. The summed E-state index contributed by atoms with van der Waals surface area (Å²) in [6.45, 7) is 4.72. The molecule has 0 aromatic heterocycles. The molecule has 106 valence electrons. The van der Waals surface area contributed by atoms with Gasteiger partial charge in [-0.25, -0.2) is 4.39 Å². The summed E-state index contributed by atoms with van der Waals surface area (Å²) in [5, 5.41) is 3.77. The van der Waals surface area contributed by atoms with Crippen molar-refractivity contribution < 1.29 is 9.13 Å². The number of hydrogen-bond acceptors (Lipinski definition) is 2. The largest absolute Gasteiger partial charge is 0.381 e. The summed E-state index contributed by atoms with van der Waals surface area (Å²) in [5.41, 5.74) is 1.08. The quantitative estimate of drug-likeness (QED) is 0.884. The lowest BCUT2D eigenvalue weighted by atomic mass is 9.87. The van der Waals surface area contributed by atoms with E-state index in [0.29, 0.717) is 5.92 Å². The van der Waals surface area contributed by atoms with Gasteiger partial charge in [-0.3, -0.25) is 0 Å². The minimum absolute atomic E-state index is 0.202. The van der Waals surface area contributed by atoms with E-state index < -0.39 is 0 Å². The van der Waals surface area contributed by atoms with Gasteiger partial charge in [0, 0.05) is 19.3 Å². The maximum atomic E-state index is 13.3. The first-order chi connectivity index (χ1) is 9.22. The molecule has 4 heteroatoms. The molecule has 0 saturated carbocycles. The Morgan fingerprint density at radius 1 is 1.42 bits per heavy atom. The van der Waals surface area contributed by atoms with Gasteiger partial charge in [0.25, 0.3) is 0 Å². The average molecular weight is 286 g/mol. The number of ether oxygens (including phenoxy) is 1. The third-order valence-electron chi connectivity index (χ3n) is 3.65. The molecule has 0 amide bonds. The molecule has 1 unspecified atom stereocenters. The van der Waals surface area contributed by atoms with Crippen LogP contribution in [-0.4, -0.2) is 19.8 Å². The highest BCUT2D eigenvalue weighted by molar-refractivity contribution is 6.30. The topological polar surface area (TPSA) is 21.3 Å². The van der Waals surface area contributed by atoms with Crippen molar-refractivity contribution in [3.63, 3.8) is 0 Å². The molecule has 1 aromatic rings. The van der Waals surface area contributed by atoms with Crippen LogP contribution in [0.2, 0.25) is 5.02 Å². The lowest BCUT2D eigenvalue weighted by Crippen LogP contribution is -2.32. The third-order valence-corrected chi connectivity index (χ3v) is 3.94. The second-order valence-corrected chi connectivity index (χ2v) is 5.46. The van der Waals surface area contributed by atoms with E-state index in [4.69, 9.17) is 16.3 Å². The van der Waals surface area contributed by atoms with Crippen molar-refractivity contribution in [3.8, 4) is 0 Å². The van der Waals surface area contributed by atoms with E-state index in [1.165, 1.54) is 6.07 Å². The Morgan fingerprint density at radius 3 is 2.79 bits per heavy atom. The normalized spacial score (nSPS) is 18.5. The van der Waals surface area contributed by atoms with Crippen LogP contribution in [0.25, 0.3) is 0 Å². The van der Waals surface area contributed by atoms with E-state index in [9.17, 15) is 4.39 Å². The van der Waals surface area contributed by atoms with E-state index in [1.54, 1.807) is 6.07 Å². The van der Waals surface area contributed by atoms with Crippen LogP contribution in [0.5, 0.6) is 0 Å². The minimum atomic E-state index is -0.355. The molecule has 0 bridgehead atoms. The fraction of sp³-hybridized carbons (Fsp3) is 0.600. The molecule has 2 nitrogen and oxygen atoms in total. The first kappa shape index (κ1) is 14.8. The average Bonchev–Trinajstić information content (AvgIpc) is 2.44. The van der Waals surface area contributed by atoms with Gasteiger partial charge in [-0.05, 0) is 49.4 Å². The summed E-state index contributed by atoms with van der Waals surface area (Å²) < 4.78 is 18.7. The van der Waals surface area contributed by atoms with Crippen LogP contribution in [-0.2, 0) is 4.74 Å². The SMILES string of the molecule is CCCNC(c1ccc(F)c(Cl)c1)C1CCOCC1. The zero-order valence-corrected chi connectivity index (χ0v) is 12.0. The van der Waals surface area contributed by atoms with Gasteiger partial charge < -0.3 is 10.1 Å². The van der Waals surface area contributed by atoms with Gasteiger partial charge in [-0.2, -0.15) is 0 Å². The molecule has 0 aliphatic carbocycles. The molecule has 1 saturated heterocycles. The van der Waals surface area contributed by atoms with Gasteiger partial charge in [0.05, 0.1) is 5.02 Å². The first-order valence-electron chi connectivity index (χ1n) is 6.98. The van der Waals surface area contributed by atoms with Gasteiger partial charge in [-0.1, -0.05) is 24.6 Å². The van der Waals surface area contributed by atoms with Crippen molar-refractivity contribution in [1.29, 1.82) is 0 Å². The van der Waals surface area contributed by atoms with E-state index in [0.717, 1.165) is 44.6 Å². The van der Waals surface area contributed by atoms with Crippen molar-refractivity contribution in [1.82, 2.24) is 5.32 Å². The van der Waals surface area contributed by atoms with Crippen molar-refractivity contribution in [2.45, 2.75) is 32.2 Å². The van der Waals surface area contributed by atoms with E-state index in [2.05, 4.69) is 12.2 Å². The molecule has 1 fully saturated rings. The Labute approximate surface area is 119 Å². The zero-order valence-electron chi connectivity index (χ0n) is 11.3. The Bertz CT molecular complexity index is 407. The second kappa shape index (κ2) is 7.22. The summed E-state index contributed by atoms with van der Waals surface area (Å²) in [7, 11) is 0. The Morgan fingerprint density at radius 2 is 2.16 bits per heavy atom. The van der Waals surface area contributed by atoms with Crippen molar-refractivity contribution in [2.24, 2.45) is 5.92 Å². The molecular formula is C15H21ClFNO. The fourth-order valence-electron chi connectivity index (χ4n) is 2.61. The van der Waals surface area contributed by atoms with Gasteiger partial charge >= 0.3 is 0 Å². The van der Waals surface area contributed by atoms with Crippen LogP contribution < -0.4 is 5.32 Å². The summed E-state index contributed by atoms with van der Waals surface area (Å²) in [6, 6.07) is 5.28. The highest BCUT2D eigenvalue weighted by Gasteiger charge is 2.25. The van der Waals surface area contributed by atoms with Crippen molar-refractivity contribution in [2.75, 3.05) is 19.8 Å². The Hall–Kier alpha value is -0.640. The Kier molecular flexibility index (Phi) is 5.61. The highest BCUT2D eigenvalue weighted by Crippen LogP contribution is 2.31. The molecule has 1 aliphatic heterocycles. The predicted octanol–water partition coefficient (Wildman–Crippen LogP) is 3.95. The fourth-order valence-corrected chi connectivity index (χ4v) is 2.80. The summed E-state index contributed by atoms with van der Waals surface area (Å²) in [5.74, 6) is 0.175. The molecule has 1 atom stereocenters. The van der Waals surface area contributed by atoms with Crippen LogP contribution >= 0.6 is 11.6 Å². The van der Waals surface area contributed by atoms with Crippen LogP contribution in [0.1, 0.15) is 37.8 Å². The van der Waals surface area contributed by atoms with E-state index >= 15 is 0 Å². The van der Waals surface area contributed by atoms with Crippen LogP contribution in [0.4, 0.5) is 4.39 Å². The van der Waals surface area contributed by atoms with Gasteiger partial charge in [0.15, 0.2) is 0 Å². The lowest BCUT2D eigenvalue weighted by molar-refractivity contribution is 0.0536. The molecule has 1 N–H and O–H groups in total. The van der Waals surface area contributed by atoms with E-state index in [1.807, 2.05) is 6.07 Å². The van der Waals surface area contributed by atoms with E-state index in [-0.39, 0.29) is 16.9 Å². The number of rotatable bonds is 5. The standard InChI is InChI=1S/C15H21ClFNO/c1-2-7-18-15(11-5-8-19-9-6-11)12-3-4-14(17)13(16)10-12/h3-4,10-11,15,18H,2,5-9H2,1H3. The molecule has 1 heterocycles. The maximum absolute atomic E-state index is 13.3. The zero-order chi connectivity index (χ0) is 13.7. The summed E-state index contributed by atoms with van der Waals surface area (Å²) >= 11 is 5.90. The van der Waals surface area contributed by atoms with Gasteiger partial charge in [0.1, 0.15) is 5.82 Å². The molecule has 2 rings (SSSR count). The monoisotopic (exact) mass is 285 g/mol. The molecule has 19 heavy (non-hydrogen) atoms. The molecular weight excluding hydrogens is 265 g/mol. The molecule has 0 radical (unpaired) electrons. The van der Waals surface area contributed by atoms with Crippen LogP contribution in [0.3, 0.4) is 0 Å². The lowest BCUT2D eigenvalue weighted by Gasteiger charge is -2.31. The number of hydrogen-bond donors (Lipinski definition) is 1. The van der Waals surface area contributed by atoms with Crippen molar-refractivity contribution in [3.05, 3.63) is 34.6 Å². The molecule has 0 spiro atoms. The summed E-state index contributed by atoms with van der Waals surface area (Å²) in [6.07, 6.45) is 3.15. The van der Waals surface area contributed by atoms with Crippen LogP contribution in [0.15, 0.2) is 18.2 Å². The third kappa shape index (κ3) is 3.91. The summed E-state index contributed by atoms with van der Waals surface area (Å²) in [4.78, 5) is 0. The smallest absolute Gasteiger partial charge is 0.141 e. The van der Waals surface area contributed by atoms with Gasteiger partial charge in [0.2, 0.25) is 0 Å². The number of halogens is 2. The number of nitrogens with one attached hydrogen (secondary N) is 1. The maximum Gasteiger partial charge on any atom is 0.141 e. The molecule has 1 aromatic carbocycles. The molecule has 1 aliphatic rings. The van der Waals surface area contributed by atoms with Crippen LogP contribution in [0, 0.1) is 11.7 Å². The predicted molar refractivity (Wildman–Crippen MR) is 76.0 cm³/mol. The first-order valence-corrected chi connectivity index (χ1v) is 7.36. The van der Waals surface area contributed by atoms with Crippen molar-refractivity contribution >= 4 is 11.6 Å².